The Kier molecular flexibility index (Phi) is 9.37. The summed E-state index contributed by atoms with van der Waals surface area (Å²) in [6.07, 6.45) is 11.3. The van der Waals surface area contributed by atoms with Crippen molar-refractivity contribution >= 4 is 17.3 Å². The predicted molar refractivity (Wildman–Crippen MR) is 144 cm³/mol. The molecule has 1 aromatic carbocycles. The molecule has 0 saturated heterocycles. The fourth-order valence-corrected chi connectivity index (χ4v) is 4.32. The first-order chi connectivity index (χ1) is 18.0. The summed E-state index contributed by atoms with van der Waals surface area (Å²) in [5, 5.41) is 21.3. The third-order valence-electron chi connectivity index (χ3n) is 6.43. The summed E-state index contributed by atoms with van der Waals surface area (Å²) in [6.45, 7) is 4.54. The van der Waals surface area contributed by atoms with Gasteiger partial charge in [-0.05, 0) is 30.9 Å². The molecule has 0 aliphatic rings. The third kappa shape index (κ3) is 7.22. The van der Waals surface area contributed by atoms with Crippen molar-refractivity contribution in [3.63, 3.8) is 0 Å². The van der Waals surface area contributed by atoms with E-state index in [1.54, 1.807) is 29.0 Å². The van der Waals surface area contributed by atoms with Gasteiger partial charge in [-0.3, -0.25) is 0 Å². The van der Waals surface area contributed by atoms with Gasteiger partial charge in [-0.25, -0.2) is 19.3 Å². The van der Waals surface area contributed by atoms with E-state index in [0.29, 0.717) is 23.7 Å². The van der Waals surface area contributed by atoms with Gasteiger partial charge in [0.1, 0.15) is 23.3 Å². The van der Waals surface area contributed by atoms with Crippen molar-refractivity contribution in [3.05, 3.63) is 77.8 Å². The van der Waals surface area contributed by atoms with E-state index in [1.165, 1.54) is 6.07 Å². The second-order valence-corrected chi connectivity index (χ2v) is 9.60. The van der Waals surface area contributed by atoms with Crippen LogP contribution in [0, 0.1) is 5.82 Å². The van der Waals surface area contributed by atoms with Crippen LogP contribution in [0.2, 0.25) is 0 Å². The van der Waals surface area contributed by atoms with Crippen LogP contribution in [0.4, 0.5) is 16.0 Å². The Morgan fingerprint density at radius 2 is 1.81 bits per heavy atom. The summed E-state index contributed by atoms with van der Waals surface area (Å²) < 4.78 is 15.9. The number of unbranched alkanes of at least 4 members (excludes halogenated alkanes) is 3. The fourth-order valence-electron chi connectivity index (χ4n) is 4.32. The second kappa shape index (κ2) is 13.1. The van der Waals surface area contributed by atoms with Crippen LogP contribution >= 0.6 is 0 Å². The van der Waals surface area contributed by atoms with E-state index in [1.807, 2.05) is 24.4 Å². The number of nitrogens with zero attached hydrogens (tertiary/aromatic N) is 5. The van der Waals surface area contributed by atoms with E-state index in [2.05, 4.69) is 39.5 Å². The molecule has 0 radical (unpaired) electrons. The first-order valence-electron chi connectivity index (χ1n) is 13.0. The number of hydrogen-bond acceptors (Lipinski definition) is 7. The maximum absolute atomic E-state index is 14.2. The summed E-state index contributed by atoms with van der Waals surface area (Å²) >= 11 is 0. The van der Waals surface area contributed by atoms with Gasteiger partial charge in [0.25, 0.3) is 0 Å². The van der Waals surface area contributed by atoms with E-state index < -0.39 is 0 Å². The Morgan fingerprint density at radius 3 is 2.57 bits per heavy atom. The van der Waals surface area contributed by atoms with E-state index in [4.69, 9.17) is 4.98 Å². The molecule has 1 atom stereocenters. The van der Waals surface area contributed by atoms with Gasteiger partial charge in [0.2, 0.25) is 0 Å². The lowest BCUT2D eigenvalue weighted by Gasteiger charge is -2.19. The zero-order valence-corrected chi connectivity index (χ0v) is 21.6. The van der Waals surface area contributed by atoms with Crippen LogP contribution in [0.5, 0.6) is 0 Å². The summed E-state index contributed by atoms with van der Waals surface area (Å²) in [7, 11) is 0. The number of aromatic nitrogens is 5. The average molecular weight is 506 g/mol. The number of nitrogens with one attached hydrogen (secondary N) is 2. The lowest BCUT2D eigenvalue weighted by molar-refractivity contribution is 0.266. The Balaban J connectivity index is 1.39. The number of aryl methyl sites for hydroxylation is 1. The smallest absolute Gasteiger partial charge is 0.163 e. The average Bonchev–Trinajstić information content (AvgIpc) is 3.34. The SMILES string of the molecule is CC(C)c1cnn2c(NCc3ccccc3F)cc(NC(CO)CCCCCCc3ncccn3)nc12. The molecule has 1 unspecified atom stereocenters. The Labute approximate surface area is 217 Å². The van der Waals surface area contributed by atoms with Crippen molar-refractivity contribution in [2.45, 2.75) is 70.9 Å². The number of anilines is 2. The van der Waals surface area contributed by atoms with Crippen LogP contribution in [-0.4, -0.2) is 42.3 Å². The van der Waals surface area contributed by atoms with Crippen molar-refractivity contribution in [2.24, 2.45) is 0 Å². The lowest BCUT2D eigenvalue weighted by atomic mass is 10.1. The normalized spacial score (nSPS) is 12.2. The molecular formula is C28H36FN7O. The van der Waals surface area contributed by atoms with Crippen LogP contribution in [0.15, 0.2) is 55.0 Å². The molecule has 4 rings (SSSR count). The molecule has 0 fully saturated rings. The van der Waals surface area contributed by atoms with Crippen LogP contribution in [0.25, 0.3) is 5.65 Å². The van der Waals surface area contributed by atoms with E-state index in [-0.39, 0.29) is 24.4 Å². The monoisotopic (exact) mass is 505 g/mol. The van der Waals surface area contributed by atoms with Crippen LogP contribution in [0.1, 0.15) is 68.8 Å². The van der Waals surface area contributed by atoms with E-state index in [9.17, 15) is 9.50 Å². The molecule has 0 amide bonds. The van der Waals surface area contributed by atoms with E-state index >= 15 is 0 Å². The summed E-state index contributed by atoms with van der Waals surface area (Å²) in [4.78, 5) is 13.4. The van der Waals surface area contributed by atoms with E-state index in [0.717, 1.165) is 55.6 Å². The number of aliphatic hydroxyl groups is 1. The fraction of sp³-hybridized carbons (Fsp3) is 0.429. The van der Waals surface area contributed by atoms with Crippen molar-refractivity contribution in [2.75, 3.05) is 17.2 Å². The molecule has 196 valence electrons. The van der Waals surface area contributed by atoms with Gasteiger partial charge in [-0.15, -0.1) is 0 Å². The van der Waals surface area contributed by atoms with Crippen LogP contribution in [-0.2, 0) is 13.0 Å². The standard InChI is InChI=1S/C28H36FN7O/c1-20(2)23-18-33-36-27(32-17-21-10-7-8-12-24(21)29)16-26(35-28(23)36)34-22(19-37)11-5-3-4-6-13-25-30-14-9-15-31-25/h7-10,12,14-16,18,20,22,32,37H,3-6,11,13,17,19H2,1-2H3,(H,34,35). The van der Waals surface area contributed by atoms with Gasteiger partial charge in [0, 0.05) is 42.6 Å². The highest BCUT2D eigenvalue weighted by Gasteiger charge is 2.16. The molecule has 8 nitrogen and oxygen atoms in total. The highest BCUT2D eigenvalue weighted by Crippen LogP contribution is 2.25. The number of aliphatic hydroxyl groups excluding tert-OH is 1. The minimum atomic E-state index is -0.251. The van der Waals surface area contributed by atoms with Crippen LogP contribution in [0.3, 0.4) is 0 Å². The van der Waals surface area contributed by atoms with Gasteiger partial charge in [-0.2, -0.15) is 9.61 Å². The van der Waals surface area contributed by atoms with Crippen molar-refractivity contribution in [3.8, 4) is 0 Å². The highest BCUT2D eigenvalue weighted by molar-refractivity contribution is 5.61. The second-order valence-electron chi connectivity index (χ2n) is 9.60. The molecule has 9 heteroatoms. The van der Waals surface area contributed by atoms with Crippen molar-refractivity contribution in [1.82, 2.24) is 24.6 Å². The molecule has 0 bridgehead atoms. The minimum Gasteiger partial charge on any atom is -0.394 e. The van der Waals surface area contributed by atoms with Gasteiger partial charge in [0.05, 0.1) is 18.8 Å². The molecule has 0 aliphatic heterocycles. The number of halogens is 1. The zero-order chi connectivity index (χ0) is 26.0. The topological polar surface area (TPSA) is 100 Å². The highest BCUT2D eigenvalue weighted by atomic mass is 19.1. The number of fused-ring (bicyclic) bond motifs is 1. The quantitative estimate of drug-likeness (QED) is 0.198. The van der Waals surface area contributed by atoms with Crippen LogP contribution < -0.4 is 10.6 Å². The maximum Gasteiger partial charge on any atom is 0.163 e. The molecular weight excluding hydrogens is 469 g/mol. The number of rotatable bonds is 14. The van der Waals surface area contributed by atoms with Gasteiger partial charge >= 0.3 is 0 Å². The molecule has 3 heterocycles. The molecule has 0 saturated carbocycles. The first kappa shape index (κ1) is 26.5. The molecule has 3 N–H and O–H groups in total. The van der Waals surface area contributed by atoms with Crippen molar-refractivity contribution in [1.29, 1.82) is 0 Å². The largest absolute Gasteiger partial charge is 0.394 e. The zero-order valence-electron chi connectivity index (χ0n) is 21.6. The molecule has 0 spiro atoms. The summed E-state index contributed by atoms with van der Waals surface area (Å²) in [5.41, 5.74) is 2.35. The first-order valence-corrected chi connectivity index (χ1v) is 13.0. The molecule has 4 aromatic rings. The Bertz CT molecular complexity index is 1260. The minimum absolute atomic E-state index is 0.0129. The third-order valence-corrected chi connectivity index (χ3v) is 6.43. The summed E-state index contributed by atoms with van der Waals surface area (Å²) in [5.74, 6) is 2.25. The molecule has 37 heavy (non-hydrogen) atoms. The Morgan fingerprint density at radius 1 is 1.03 bits per heavy atom. The lowest BCUT2D eigenvalue weighted by Crippen LogP contribution is -2.24. The maximum atomic E-state index is 14.2. The predicted octanol–water partition coefficient (Wildman–Crippen LogP) is 5.36. The number of hydrogen-bond donors (Lipinski definition) is 3. The van der Waals surface area contributed by atoms with Gasteiger partial charge in [0.15, 0.2) is 5.65 Å². The summed E-state index contributed by atoms with van der Waals surface area (Å²) in [6, 6.07) is 10.3. The molecule has 3 aromatic heterocycles. The Hall–Kier alpha value is -3.59. The van der Waals surface area contributed by atoms with Gasteiger partial charge in [-0.1, -0.05) is 51.3 Å². The van der Waals surface area contributed by atoms with Gasteiger partial charge < -0.3 is 15.7 Å². The molecule has 0 aliphatic carbocycles. The number of benzene rings is 1. The van der Waals surface area contributed by atoms with Crippen molar-refractivity contribution < 1.29 is 9.50 Å².